The summed E-state index contributed by atoms with van der Waals surface area (Å²) in [6, 6.07) is 0. The van der Waals surface area contributed by atoms with Crippen LogP contribution in [0.1, 0.15) is 90.4 Å². The molecule has 0 radical (unpaired) electrons. The normalized spacial score (nSPS) is 12.8. The van der Waals surface area contributed by atoms with E-state index < -0.39 is 12.1 Å². The summed E-state index contributed by atoms with van der Waals surface area (Å²) in [4.78, 5) is 10.8. The van der Waals surface area contributed by atoms with E-state index in [4.69, 9.17) is 9.84 Å². The van der Waals surface area contributed by atoms with Crippen molar-refractivity contribution < 1.29 is 14.6 Å². The van der Waals surface area contributed by atoms with Crippen LogP contribution in [0.25, 0.3) is 0 Å². The Morgan fingerprint density at radius 2 is 1.41 bits per heavy atom. The van der Waals surface area contributed by atoms with Gasteiger partial charge in [-0.2, -0.15) is 0 Å². The van der Waals surface area contributed by atoms with E-state index in [1.165, 1.54) is 64.9 Å². The molecule has 0 saturated heterocycles. The van der Waals surface area contributed by atoms with Gasteiger partial charge < -0.3 is 9.84 Å². The number of unbranched alkanes of at least 4 members (excludes halogenated alkanes) is 10. The largest absolute Gasteiger partial charge is 0.479 e. The third kappa shape index (κ3) is 14.1. The minimum Gasteiger partial charge on any atom is -0.479 e. The SMILES string of the molecule is CCCCCCCCC=CCCCCCCC(OC)C(=O)O. The third-order valence-corrected chi connectivity index (χ3v) is 4.04. The monoisotopic (exact) mass is 312 g/mol. The molecule has 0 bridgehead atoms. The smallest absolute Gasteiger partial charge is 0.332 e. The number of aliphatic carboxylic acids is 1. The van der Waals surface area contributed by atoms with E-state index in [9.17, 15) is 4.79 Å². The Morgan fingerprint density at radius 3 is 1.91 bits per heavy atom. The van der Waals surface area contributed by atoms with Crippen LogP contribution in [0.3, 0.4) is 0 Å². The number of methoxy groups -OCH3 is 1. The lowest BCUT2D eigenvalue weighted by Gasteiger charge is -2.09. The van der Waals surface area contributed by atoms with Gasteiger partial charge in [0.1, 0.15) is 0 Å². The summed E-state index contributed by atoms with van der Waals surface area (Å²) >= 11 is 0. The van der Waals surface area contributed by atoms with E-state index >= 15 is 0 Å². The number of hydrogen-bond donors (Lipinski definition) is 1. The zero-order valence-electron chi connectivity index (χ0n) is 14.7. The molecule has 0 aromatic heterocycles. The molecule has 3 nitrogen and oxygen atoms in total. The summed E-state index contributed by atoms with van der Waals surface area (Å²) in [7, 11) is 1.47. The maximum Gasteiger partial charge on any atom is 0.332 e. The molecule has 1 unspecified atom stereocenters. The summed E-state index contributed by atoms with van der Waals surface area (Å²) in [6.07, 6.45) is 19.6. The number of carbonyl (C=O) groups is 1. The van der Waals surface area contributed by atoms with Gasteiger partial charge in [0.15, 0.2) is 6.10 Å². The molecule has 0 amide bonds. The van der Waals surface area contributed by atoms with Gasteiger partial charge in [-0.05, 0) is 32.1 Å². The molecule has 0 rings (SSSR count). The second-order valence-corrected chi connectivity index (χ2v) is 6.08. The van der Waals surface area contributed by atoms with Gasteiger partial charge in [-0.1, -0.05) is 70.4 Å². The number of carboxylic acids is 1. The average molecular weight is 312 g/mol. The third-order valence-electron chi connectivity index (χ3n) is 4.04. The highest BCUT2D eigenvalue weighted by atomic mass is 16.5. The fourth-order valence-corrected chi connectivity index (χ4v) is 2.57. The predicted octanol–water partition coefficient (Wildman–Crippen LogP) is 5.73. The summed E-state index contributed by atoms with van der Waals surface area (Å²) in [5.41, 5.74) is 0. The standard InChI is InChI=1S/C19H36O3/c1-3-4-5-6-7-8-9-10-11-12-13-14-15-16-17-18(22-2)19(20)21/h10-11,18H,3-9,12-17H2,1-2H3,(H,20,21). The van der Waals surface area contributed by atoms with E-state index in [0.717, 1.165) is 19.3 Å². The number of rotatable bonds is 16. The van der Waals surface area contributed by atoms with Crippen molar-refractivity contribution in [2.45, 2.75) is 96.5 Å². The molecule has 3 heteroatoms. The van der Waals surface area contributed by atoms with Gasteiger partial charge in [0.2, 0.25) is 0 Å². The predicted molar refractivity (Wildman–Crippen MR) is 93.3 cm³/mol. The summed E-state index contributed by atoms with van der Waals surface area (Å²) < 4.78 is 4.91. The van der Waals surface area contributed by atoms with Gasteiger partial charge in [-0.25, -0.2) is 4.79 Å². The second kappa shape index (κ2) is 16.5. The van der Waals surface area contributed by atoms with Crippen LogP contribution in [0.5, 0.6) is 0 Å². The quantitative estimate of drug-likeness (QED) is 0.292. The van der Waals surface area contributed by atoms with Gasteiger partial charge >= 0.3 is 5.97 Å². The number of allylic oxidation sites excluding steroid dienone is 2. The van der Waals surface area contributed by atoms with E-state index in [2.05, 4.69) is 19.1 Å². The maximum absolute atomic E-state index is 10.8. The van der Waals surface area contributed by atoms with Crippen molar-refractivity contribution in [1.29, 1.82) is 0 Å². The first kappa shape index (κ1) is 21.2. The molecule has 0 aliphatic rings. The van der Waals surface area contributed by atoms with Gasteiger partial charge in [0, 0.05) is 7.11 Å². The van der Waals surface area contributed by atoms with E-state index in [1.807, 2.05) is 0 Å². The minimum atomic E-state index is -0.847. The van der Waals surface area contributed by atoms with Crippen LogP contribution in [0.4, 0.5) is 0 Å². The highest BCUT2D eigenvalue weighted by molar-refractivity contribution is 5.72. The van der Waals surface area contributed by atoms with Crippen molar-refractivity contribution in [2.24, 2.45) is 0 Å². The van der Waals surface area contributed by atoms with Crippen molar-refractivity contribution in [2.75, 3.05) is 7.11 Å². The number of hydrogen-bond acceptors (Lipinski definition) is 2. The Hall–Kier alpha value is -0.830. The van der Waals surface area contributed by atoms with Crippen molar-refractivity contribution in [3.63, 3.8) is 0 Å². The maximum atomic E-state index is 10.8. The highest BCUT2D eigenvalue weighted by Gasteiger charge is 2.14. The van der Waals surface area contributed by atoms with E-state index in [-0.39, 0.29) is 0 Å². The average Bonchev–Trinajstić information content (AvgIpc) is 2.51. The first-order valence-electron chi connectivity index (χ1n) is 9.13. The number of carboxylic acid groups (broad SMARTS) is 1. The molecule has 0 aliphatic heterocycles. The lowest BCUT2D eigenvalue weighted by atomic mass is 10.1. The van der Waals surface area contributed by atoms with Gasteiger partial charge in [0.25, 0.3) is 0 Å². The lowest BCUT2D eigenvalue weighted by Crippen LogP contribution is -2.21. The van der Waals surface area contributed by atoms with Crippen molar-refractivity contribution >= 4 is 5.97 Å². The molecule has 22 heavy (non-hydrogen) atoms. The Balaban J connectivity index is 3.25. The summed E-state index contributed by atoms with van der Waals surface area (Å²) in [6.45, 7) is 2.25. The first-order chi connectivity index (χ1) is 10.7. The van der Waals surface area contributed by atoms with Crippen LogP contribution in [0.15, 0.2) is 12.2 Å². The van der Waals surface area contributed by atoms with Crippen molar-refractivity contribution in [3.05, 3.63) is 12.2 Å². The molecule has 130 valence electrons. The molecule has 0 aromatic rings. The van der Waals surface area contributed by atoms with Gasteiger partial charge in [0.05, 0.1) is 0 Å². The molecule has 0 heterocycles. The van der Waals surface area contributed by atoms with Crippen molar-refractivity contribution in [1.82, 2.24) is 0 Å². The second-order valence-electron chi connectivity index (χ2n) is 6.08. The molecule has 0 aromatic carbocycles. The van der Waals surface area contributed by atoms with Gasteiger partial charge in [-0.3, -0.25) is 0 Å². The molecular formula is C19H36O3. The molecule has 1 N–H and O–H groups in total. The molecule has 0 aliphatic carbocycles. The molecular weight excluding hydrogens is 276 g/mol. The van der Waals surface area contributed by atoms with Crippen LogP contribution in [0, 0.1) is 0 Å². The number of ether oxygens (including phenoxy) is 1. The topological polar surface area (TPSA) is 46.5 Å². The van der Waals surface area contributed by atoms with Crippen LogP contribution < -0.4 is 0 Å². The molecule has 0 spiro atoms. The summed E-state index contributed by atoms with van der Waals surface area (Å²) in [5.74, 6) is -0.847. The molecule has 1 atom stereocenters. The lowest BCUT2D eigenvalue weighted by molar-refractivity contribution is -0.148. The van der Waals surface area contributed by atoms with E-state index in [1.54, 1.807) is 0 Å². The first-order valence-corrected chi connectivity index (χ1v) is 9.13. The summed E-state index contributed by atoms with van der Waals surface area (Å²) in [5, 5.41) is 8.84. The van der Waals surface area contributed by atoms with E-state index in [0.29, 0.717) is 6.42 Å². The zero-order valence-corrected chi connectivity index (χ0v) is 14.7. The Kier molecular flexibility index (Phi) is 15.9. The minimum absolute atomic E-state index is 0.625. The van der Waals surface area contributed by atoms with Crippen molar-refractivity contribution in [3.8, 4) is 0 Å². The molecule has 0 fully saturated rings. The Labute approximate surface area is 137 Å². The van der Waals surface area contributed by atoms with Crippen LogP contribution in [-0.4, -0.2) is 24.3 Å². The van der Waals surface area contributed by atoms with Gasteiger partial charge in [-0.15, -0.1) is 0 Å². The Morgan fingerprint density at radius 1 is 0.909 bits per heavy atom. The zero-order chi connectivity index (χ0) is 16.5. The van der Waals surface area contributed by atoms with Crippen LogP contribution >= 0.6 is 0 Å². The van der Waals surface area contributed by atoms with Crippen LogP contribution in [0.2, 0.25) is 0 Å². The Bertz CT molecular complexity index is 274. The highest BCUT2D eigenvalue weighted by Crippen LogP contribution is 2.11. The van der Waals surface area contributed by atoms with Crippen LogP contribution in [-0.2, 0) is 9.53 Å². The fourth-order valence-electron chi connectivity index (χ4n) is 2.57. The fraction of sp³-hybridized carbons (Fsp3) is 0.842. The molecule has 0 saturated carbocycles.